The number of anilines is 1. The molecule has 1 aliphatic rings. The summed E-state index contributed by atoms with van der Waals surface area (Å²) in [4.78, 5) is 6.55. The van der Waals surface area contributed by atoms with Gasteiger partial charge in [-0.3, -0.25) is 4.98 Å². The summed E-state index contributed by atoms with van der Waals surface area (Å²) in [5.74, 6) is 0. The Labute approximate surface area is 84.4 Å². The summed E-state index contributed by atoms with van der Waals surface area (Å²) in [5, 5.41) is 9.44. The average Bonchev–Trinajstić information content (AvgIpc) is 2.50. The van der Waals surface area contributed by atoms with Crippen LogP contribution < -0.4 is 4.90 Å². The molecule has 1 aliphatic heterocycles. The van der Waals surface area contributed by atoms with E-state index in [1.807, 2.05) is 13.8 Å². The lowest BCUT2D eigenvalue weighted by molar-refractivity contribution is 0.198. The summed E-state index contributed by atoms with van der Waals surface area (Å²) in [6.07, 6.45) is 0.712. The molecule has 3 nitrogen and oxygen atoms in total. The molecule has 0 amide bonds. The highest BCUT2D eigenvalue weighted by molar-refractivity contribution is 5.49. The molecule has 0 saturated carbocycles. The Hall–Kier alpha value is -1.09. The highest BCUT2D eigenvalue weighted by atomic mass is 16.3. The maximum atomic E-state index is 9.44. The SMILES string of the molecule is Cc1cc(N2CC[C@H](O)C2)cc(C)n1. The Balaban J connectivity index is 2.23. The Kier molecular flexibility index (Phi) is 2.42. The van der Waals surface area contributed by atoms with Gasteiger partial charge in [-0.15, -0.1) is 0 Å². The number of rotatable bonds is 1. The van der Waals surface area contributed by atoms with E-state index in [1.165, 1.54) is 5.69 Å². The van der Waals surface area contributed by atoms with E-state index in [2.05, 4.69) is 22.0 Å². The van der Waals surface area contributed by atoms with E-state index in [-0.39, 0.29) is 6.10 Å². The number of aromatic nitrogens is 1. The fraction of sp³-hybridized carbons (Fsp3) is 0.545. The molecule has 2 heterocycles. The zero-order chi connectivity index (χ0) is 10.1. The van der Waals surface area contributed by atoms with Gasteiger partial charge in [-0.25, -0.2) is 0 Å². The fourth-order valence-electron chi connectivity index (χ4n) is 1.97. The third-order valence-corrected chi connectivity index (χ3v) is 2.59. The van der Waals surface area contributed by atoms with Crippen LogP contribution in [0.1, 0.15) is 17.8 Å². The zero-order valence-corrected chi connectivity index (χ0v) is 8.70. The molecular formula is C11H16N2O. The molecule has 0 bridgehead atoms. The number of nitrogens with zero attached hydrogens (tertiary/aromatic N) is 2. The van der Waals surface area contributed by atoms with Gasteiger partial charge in [0.15, 0.2) is 0 Å². The van der Waals surface area contributed by atoms with E-state index in [4.69, 9.17) is 0 Å². The smallest absolute Gasteiger partial charge is 0.0731 e. The van der Waals surface area contributed by atoms with Gasteiger partial charge in [0.1, 0.15) is 0 Å². The molecule has 2 rings (SSSR count). The lowest BCUT2D eigenvalue weighted by Gasteiger charge is -2.18. The van der Waals surface area contributed by atoms with Gasteiger partial charge in [-0.2, -0.15) is 0 Å². The predicted octanol–water partition coefficient (Wildman–Crippen LogP) is 1.27. The van der Waals surface area contributed by atoms with E-state index < -0.39 is 0 Å². The van der Waals surface area contributed by atoms with E-state index in [9.17, 15) is 5.11 Å². The van der Waals surface area contributed by atoms with Crippen molar-refractivity contribution in [1.82, 2.24) is 4.98 Å². The highest BCUT2D eigenvalue weighted by Gasteiger charge is 2.20. The minimum atomic E-state index is -0.163. The number of hydrogen-bond donors (Lipinski definition) is 1. The van der Waals surface area contributed by atoms with Crippen molar-refractivity contribution in [3.8, 4) is 0 Å². The minimum Gasteiger partial charge on any atom is -0.391 e. The third-order valence-electron chi connectivity index (χ3n) is 2.59. The Bertz CT molecular complexity index is 318. The first-order chi connectivity index (χ1) is 6.65. The normalized spacial score (nSPS) is 21.6. The van der Waals surface area contributed by atoms with Crippen LogP contribution in [-0.4, -0.2) is 29.3 Å². The molecule has 0 radical (unpaired) electrons. The second kappa shape index (κ2) is 3.58. The summed E-state index contributed by atoms with van der Waals surface area (Å²) in [6.45, 7) is 5.71. The van der Waals surface area contributed by atoms with E-state index >= 15 is 0 Å². The molecule has 1 aromatic heterocycles. The summed E-state index contributed by atoms with van der Waals surface area (Å²) in [7, 11) is 0. The first-order valence-electron chi connectivity index (χ1n) is 5.03. The number of aryl methyl sites for hydroxylation is 2. The molecule has 0 aliphatic carbocycles. The van der Waals surface area contributed by atoms with E-state index in [0.717, 1.165) is 30.9 Å². The molecule has 1 saturated heterocycles. The second-order valence-electron chi connectivity index (χ2n) is 4.00. The van der Waals surface area contributed by atoms with Crippen molar-refractivity contribution >= 4 is 5.69 Å². The van der Waals surface area contributed by atoms with Crippen LogP contribution in [0.2, 0.25) is 0 Å². The van der Waals surface area contributed by atoms with Gasteiger partial charge in [0.05, 0.1) is 6.10 Å². The number of aliphatic hydroxyl groups is 1. The van der Waals surface area contributed by atoms with Gasteiger partial charge >= 0.3 is 0 Å². The van der Waals surface area contributed by atoms with Crippen molar-refractivity contribution in [2.45, 2.75) is 26.4 Å². The standard InChI is InChI=1S/C11H16N2O/c1-8-5-10(6-9(2)12-8)13-4-3-11(14)7-13/h5-6,11,14H,3-4,7H2,1-2H3/t11-/m0/s1. The molecule has 0 aromatic carbocycles. The van der Waals surface area contributed by atoms with E-state index in [0.29, 0.717) is 0 Å². The molecule has 1 N–H and O–H groups in total. The van der Waals surface area contributed by atoms with Crippen LogP contribution in [-0.2, 0) is 0 Å². The van der Waals surface area contributed by atoms with Gasteiger partial charge in [0, 0.05) is 30.2 Å². The lowest BCUT2D eigenvalue weighted by Crippen LogP contribution is -2.21. The molecule has 3 heteroatoms. The quantitative estimate of drug-likeness (QED) is 0.728. The van der Waals surface area contributed by atoms with Crippen molar-refractivity contribution in [2.75, 3.05) is 18.0 Å². The maximum Gasteiger partial charge on any atom is 0.0731 e. The summed E-state index contributed by atoms with van der Waals surface area (Å²) < 4.78 is 0. The molecule has 0 unspecified atom stereocenters. The monoisotopic (exact) mass is 192 g/mol. The molecule has 76 valence electrons. The predicted molar refractivity (Wildman–Crippen MR) is 56.5 cm³/mol. The van der Waals surface area contributed by atoms with Gasteiger partial charge in [-0.1, -0.05) is 0 Å². The van der Waals surface area contributed by atoms with Crippen molar-refractivity contribution < 1.29 is 5.11 Å². The Morgan fingerprint density at radius 1 is 1.36 bits per heavy atom. The van der Waals surface area contributed by atoms with E-state index in [1.54, 1.807) is 0 Å². The largest absolute Gasteiger partial charge is 0.391 e. The Morgan fingerprint density at radius 2 is 2.00 bits per heavy atom. The van der Waals surface area contributed by atoms with Gasteiger partial charge in [-0.05, 0) is 32.4 Å². The summed E-state index contributed by atoms with van der Waals surface area (Å²) >= 11 is 0. The number of hydrogen-bond acceptors (Lipinski definition) is 3. The number of pyridine rings is 1. The highest BCUT2D eigenvalue weighted by Crippen LogP contribution is 2.21. The molecular weight excluding hydrogens is 176 g/mol. The first kappa shape index (κ1) is 9.46. The zero-order valence-electron chi connectivity index (χ0n) is 8.70. The summed E-state index contributed by atoms with van der Waals surface area (Å²) in [5.41, 5.74) is 3.27. The van der Waals surface area contributed by atoms with Gasteiger partial charge < -0.3 is 10.0 Å². The Morgan fingerprint density at radius 3 is 2.50 bits per heavy atom. The average molecular weight is 192 g/mol. The maximum absolute atomic E-state index is 9.44. The molecule has 1 atom stereocenters. The number of β-amino-alcohol motifs (C(OH)–C–C–N with tert-alkyl or cyclic N) is 1. The minimum absolute atomic E-state index is 0.163. The lowest BCUT2D eigenvalue weighted by atomic mass is 10.2. The van der Waals surface area contributed by atoms with Crippen LogP contribution in [0.25, 0.3) is 0 Å². The van der Waals surface area contributed by atoms with Crippen LogP contribution in [0, 0.1) is 13.8 Å². The van der Waals surface area contributed by atoms with Crippen molar-refractivity contribution in [3.63, 3.8) is 0 Å². The van der Waals surface area contributed by atoms with Gasteiger partial charge in [0.2, 0.25) is 0 Å². The fourth-order valence-corrected chi connectivity index (χ4v) is 1.97. The van der Waals surface area contributed by atoms with Gasteiger partial charge in [0.25, 0.3) is 0 Å². The summed E-state index contributed by atoms with van der Waals surface area (Å²) in [6, 6.07) is 4.15. The molecule has 1 fully saturated rings. The number of aliphatic hydroxyl groups excluding tert-OH is 1. The first-order valence-corrected chi connectivity index (χ1v) is 5.03. The van der Waals surface area contributed by atoms with Crippen molar-refractivity contribution in [2.24, 2.45) is 0 Å². The van der Waals surface area contributed by atoms with Crippen LogP contribution >= 0.6 is 0 Å². The van der Waals surface area contributed by atoms with Crippen LogP contribution in [0.5, 0.6) is 0 Å². The molecule has 1 aromatic rings. The van der Waals surface area contributed by atoms with Crippen LogP contribution in [0.3, 0.4) is 0 Å². The third kappa shape index (κ3) is 1.87. The van der Waals surface area contributed by atoms with Crippen LogP contribution in [0.15, 0.2) is 12.1 Å². The van der Waals surface area contributed by atoms with Crippen LogP contribution in [0.4, 0.5) is 5.69 Å². The molecule has 0 spiro atoms. The molecule has 14 heavy (non-hydrogen) atoms. The van der Waals surface area contributed by atoms with Crippen molar-refractivity contribution in [1.29, 1.82) is 0 Å². The van der Waals surface area contributed by atoms with Crippen molar-refractivity contribution in [3.05, 3.63) is 23.5 Å². The second-order valence-corrected chi connectivity index (χ2v) is 4.00. The topological polar surface area (TPSA) is 36.4 Å².